The molecule has 0 saturated carbocycles. The average molecular weight is 392 g/mol. The van der Waals surface area contributed by atoms with Gasteiger partial charge in [0.15, 0.2) is 0 Å². The number of nitrogens with zero attached hydrogens (tertiary/aromatic N) is 2. The van der Waals surface area contributed by atoms with Crippen molar-refractivity contribution >= 4 is 11.9 Å². The molecule has 0 atom stereocenters. The normalized spacial score (nSPS) is 9.75. The van der Waals surface area contributed by atoms with Crippen molar-refractivity contribution in [2.45, 2.75) is 13.0 Å². The molecule has 0 saturated heterocycles. The van der Waals surface area contributed by atoms with Gasteiger partial charge in [0.1, 0.15) is 18.1 Å². The molecule has 1 aromatic heterocycles. The molecule has 0 aliphatic rings. The SMILES string of the molecule is C=CCc1cc(OC)ccc1OCCOCCn1ccnc1.O=C(O)C(=O)O. The van der Waals surface area contributed by atoms with Crippen LogP contribution in [0.1, 0.15) is 5.56 Å². The average Bonchev–Trinajstić information content (AvgIpc) is 3.19. The second kappa shape index (κ2) is 12.9. The predicted molar refractivity (Wildman–Crippen MR) is 101 cm³/mol. The first-order valence-corrected chi connectivity index (χ1v) is 8.38. The van der Waals surface area contributed by atoms with E-state index in [4.69, 9.17) is 34.0 Å². The van der Waals surface area contributed by atoms with Crippen LogP contribution in [0, 0.1) is 0 Å². The summed E-state index contributed by atoms with van der Waals surface area (Å²) in [7, 11) is 1.65. The molecule has 1 aromatic carbocycles. The number of hydrogen-bond donors (Lipinski definition) is 2. The smallest absolute Gasteiger partial charge is 0.414 e. The van der Waals surface area contributed by atoms with Crippen molar-refractivity contribution in [2.24, 2.45) is 0 Å². The fourth-order valence-corrected chi connectivity index (χ4v) is 2.04. The Balaban J connectivity index is 0.000000568. The van der Waals surface area contributed by atoms with E-state index in [1.807, 2.05) is 35.0 Å². The second-order valence-electron chi connectivity index (χ2n) is 5.34. The number of methoxy groups -OCH3 is 1. The van der Waals surface area contributed by atoms with Gasteiger partial charge in [-0.1, -0.05) is 6.08 Å². The van der Waals surface area contributed by atoms with Gasteiger partial charge in [-0.15, -0.1) is 6.58 Å². The topological polar surface area (TPSA) is 120 Å². The molecule has 28 heavy (non-hydrogen) atoms. The minimum Gasteiger partial charge on any atom is -0.497 e. The Morgan fingerprint density at radius 1 is 1.21 bits per heavy atom. The Labute approximate surface area is 162 Å². The summed E-state index contributed by atoms with van der Waals surface area (Å²) in [5.41, 5.74) is 1.06. The van der Waals surface area contributed by atoms with Gasteiger partial charge in [-0.25, -0.2) is 14.6 Å². The second-order valence-corrected chi connectivity index (χ2v) is 5.34. The van der Waals surface area contributed by atoms with Crippen LogP contribution in [0.25, 0.3) is 0 Å². The Morgan fingerprint density at radius 2 is 1.96 bits per heavy atom. The highest BCUT2D eigenvalue weighted by Crippen LogP contribution is 2.24. The summed E-state index contributed by atoms with van der Waals surface area (Å²) < 4.78 is 18.5. The van der Waals surface area contributed by atoms with E-state index in [2.05, 4.69) is 11.6 Å². The van der Waals surface area contributed by atoms with Crippen LogP contribution in [0.2, 0.25) is 0 Å². The lowest BCUT2D eigenvalue weighted by atomic mass is 10.1. The Hall–Kier alpha value is -3.33. The molecule has 0 spiro atoms. The van der Waals surface area contributed by atoms with Gasteiger partial charge in [0.2, 0.25) is 0 Å². The summed E-state index contributed by atoms with van der Waals surface area (Å²) in [6, 6.07) is 5.78. The molecule has 152 valence electrons. The van der Waals surface area contributed by atoms with Crippen LogP contribution in [-0.4, -0.2) is 58.6 Å². The first-order valence-electron chi connectivity index (χ1n) is 8.38. The number of ether oxygens (including phenoxy) is 3. The number of imidazole rings is 1. The third-order valence-electron chi connectivity index (χ3n) is 3.35. The summed E-state index contributed by atoms with van der Waals surface area (Å²) in [6.07, 6.45) is 8.04. The molecule has 0 bridgehead atoms. The largest absolute Gasteiger partial charge is 0.497 e. The molecule has 0 aliphatic carbocycles. The van der Waals surface area contributed by atoms with E-state index in [1.54, 1.807) is 19.6 Å². The van der Waals surface area contributed by atoms with Crippen LogP contribution in [0.4, 0.5) is 0 Å². The third kappa shape index (κ3) is 8.86. The standard InChI is InChI=1S/C17H22N2O3.C2H2O4/c1-3-4-15-13-16(20-2)5-6-17(15)22-12-11-21-10-9-19-8-7-18-14-19;3-1(4)2(5)6/h3,5-8,13-14H,1,4,9-12H2,2H3;(H,3,4)(H,5,6). The zero-order chi connectivity index (χ0) is 20.8. The fourth-order valence-electron chi connectivity index (χ4n) is 2.04. The molecular formula is C19H24N2O7. The summed E-state index contributed by atoms with van der Waals surface area (Å²) in [4.78, 5) is 22.2. The van der Waals surface area contributed by atoms with Crippen LogP contribution < -0.4 is 9.47 Å². The monoisotopic (exact) mass is 392 g/mol. The minimum atomic E-state index is -1.82. The zero-order valence-electron chi connectivity index (χ0n) is 15.6. The van der Waals surface area contributed by atoms with Crippen molar-refractivity contribution < 1.29 is 34.0 Å². The van der Waals surface area contributed by atoms with E-state index in [0.717, 1.165) is 30.0 Å². The van der Waals surface area contributed by atoms with E-state index in [9.17, 15) is 0 Å². The van der Waals surface area contributed by atoms with Gasteiger partial charge in [-0.3, -0.25) is 0 Å². The van der Waals surface area contributed by atoms with Gasteiger partial charge < -0.3 is 29.0 Å². The predicted octanol–water partition coefficient (Wildman–Crippen LogP) is 1.87. The summed E-state index contributed by atoms with van der Waals surface area (Å²) in [5.74, 6) is -1.98. The van der Waals surface area contributed by atoms with Gasteiger partial charge in [0.25, 0.3) is 0 Å². The highest BCUT2D eigenvalue weighted by Gasteiger charge is 2.05. The van der Waals surface area contributed by atoms with Crippen LogP contribution in [-0.2, 0) is 27.3 Å². The van der Waals surface area contributed by atoms with Crippen molar-refractivity contribution in [2.75, 3.05) is 26.9 Å². The van der Waals surface area contributed by atoms with Crippen LogP contribution in [0.3, 0.4) is 0 Å². The number of allylic oxidation sites excluding steroid dienone is 1. The lowest BCUT2D eigenvalue weighted by Crippen LogP contribution is -2.11. The molecule has 0 amide bonds. The Kier molecular flexibility index (Phi) is 10.5. The summed E-state index contributed by atoms with van der Waals surface area (Å²) in [6.45, 7) is 6.27. The molecule has 0 unspecified atom stereocenters. The van der Waals surface area contributed by atoms with E-state index >= 15 is 0 Å². The Bertz CT molecular complexity index is 733. The number of hydrogen-bond acceptors (Lipinski definition) is 6. The first kappa shape index (κ1) is 22.7. The Morgan fingerprint density at radius 3 is 2.54 bits per heavy atom. The molecule has 0 fully saturated rings. The quantitative estimate of drug-likeness (QED) is 0.357. The van der Waals surface area contributed by atoms with Gasteiger partial charge >= 0.3 is 11.9 Å². The molecule has 9 heteroatoms. The molecule has 2 N–H and O–H groups in total. The maximum absolute atomic E-state index is 9.10. The molecule has 2 aromatic rings. The van der Waals surface area contributed by atoms with E-state index in [1.165, 1.54) is 0 Å². The van der Waals surface area contributed by atoms with Crippen LogP contribution >= 0.6 is 0 Å². The van der Waals surface area contributed by atoms with E-state index < -0.39 is 11.9 Å². The van der Waals surface area contributed by atoms with Gasteiger partial charge in [0.05, 0.1) is 26.7 Å². The van der Waals surface area contributed by atoms with Gasteiger partial charge in [-0.2, -0.15) is 0 Å². The first-order chi connectivity index (χ1) is 13.5. The molecule has 2 rings (SSSR count). The zero-order valence-corrected chi connectivity index (χ0v) is 15.6. The third-order valence-corrected chi connectivity index (χ3v) is 3.35. The van der Waals surface area contributed by atoms with Crippen molar-refractivity contribution in [3.05, 3.63) is 55.1 Å². The fraction of sp³-hybridized carbons (Fsp3) is 0.316. The maximum atomic E-state index is 9.10. The number of benzene rings is 1. The van der Waals surface area contributed by atoms with E-state index in [0.29, 0.717) is 19.8 Å². The number of carbonyl (C=O) groups is 2. The van der Waals surface area contributed by atoms with Gasteiger partial charge in [-0.05, 0) is 24.6 Å². The highest BCUT2D eigenvalue weighted by molar-refractivity contribution is 6.27. The summed E-state index contributed by atoms with van der Waals surface area (Å²) >= 11 is 0. The van der Waals surface area contributed by atoms with Crippen molar-refractivity contribution in [3.63, 3.8) is 0 Å². The van der Waals surface area contributed by atoms with Crippen LogP contribution in [0.15, 0.2) is 49.6 Å². The molecule has 9 nitrogen and oxygen atoms in total. The number of aliphatic carboxylic acids is 2. The number of carboxylic acid groups (broad SMARTS) is 2. The highest BCUT2D eigenvalue weighted by atomic mass is 16.5. The summed E-state index contributed by atoms with van der Waals surface area (Å²) in [5, 5.41) is 14.8. The van der Waals surface area contributed by atoms with Gasteiger partial charge in [0, 0.05) is 24.5 Å². The number of rotatable bonds is 10. The van der Waals surface area contributed by atoms with E-state index in [-0.39, 0.29) is 0 Å². The number of aromatic nitrogens is 2. The van der Waals surface area contributed by atoms with Crippen LogP contribution in [0.5, 0.6) is 11.5 Å². The van der Waals surface area contributed by atoms with Crippen molar-refractivity contribution in [1.29, 1.82) is 0 Å². The van der Waals surface area contributed by atoms with Crippen molar-refractivity contribution in [1.82, 2.24) is 9.55 Å². The number of carboxylic acids is 2. The van der Waals surface area contributed by atoms with Crippen molar-refractivity contribution in [3.8, 4) is 11.5 Å². The molecule has 0 radical (unpaired) electrons. The molecule has 1 heterocycles. The maximum Gasteiger partial charge on any atom is 0.414 e. The minimum absolute atomic E-state index is 0.514. The lowest BCUT2D eigenvalue weighted by molar-refractivity contribution is -0.159. The molecular weight excluding hydrogens is 368 g/mol. The lowest BCUT2D eigenvalue weighted by Gasteiger charge is -2.12. The molecule has 0 aliphatic heterocycles.